The summed E-state index contributed by atoms with van der Waals surface area (Å²) in [5.41, 5.74) is 6.03. The molecule has 3 unspecified atom stereocenters. The lowest BCUT2D eigenvalue weighted by Crippen LogP contribution is -2.41. The highest BCUT2D eigenvalue weighted by Crippen LogP contribution is 2.62. The van der Waals surface area contributed by atoms with Crippen molar-refractivity contribution in [1.82, 2.24) is 25.0 Å². The van der Waals surface area contributed by atoms with E-state index in [1.165, 1.54) is 12.6 Å². The summed E-state index contributed by atoms with van der Waals surface area (Å²) in [6, 6.07) is 1.19. The second-order valence-electron chi connectivity index (χ2n) is 12.2. The molecule has 0 spiro atoms. The normalized spacial score (nSPS) is 21.8. The van der Waals surface area contributed by atoms with Crippen LogP contribution in [-0.2, 0) is 26.2 Å². The first-order valence-electron chi connectivity index (χ1n) is 14.2. The van der Waals surface area contributed by atoms with Gasteiger partial charge in [-0.15, -0.1) is 6.42 Å². The van der Waals surface area contributed by atoms with Gasteiger partial charge in [0.1, 0.15) is 11.7 Å². The number of ether oxygens (including phenoxy) is 1. The van der Waals surface area contributed by atoms with Crippen LogP contribution in [0.1, 0.15) is 70.7 Å². The summed E-state index contributed by atoms with van der Waals surface area (Å²) in [4.78, 5) is 38.0. The Morgan fingerprint density at radius 1 is 1.27 bits per heavy atom. The molecular weight excluding hydrogens is 579 g/mol. The maximum absolute atomic E-state index is 12.3. The Kier molecular flexibility index (Phi) is 10.3. The van der Waals surface area contributed by atoms with Crippen LogP contribution >= 0.6 is 0 Å². The van der Waals surface area contributed by atoms with Crippen LogP contribution in [0.15, 0.2) is 12.4 Å². The fourth-order valence-electron chi connectivity index (χ4n) is 5.84. The summed E-state index contributed by atoms with van der Waals surface area (Å²) >= 11 is 0. The number of hydrogen-bond acceptors (Lipinski definition) is 7. The minimum absolute atomic E-state index is 0.0504. The zero-order valence-corrected chi connectivity index (χ0v) is 25.4. The number of likely N-dealkylation sites (tertiary alicyclic amines) is 1. The largest absolute Gasteiger partial charge is 0.470 e. The number of nitrogens with two attached hydrogens (primary N) is 1. The molecule has 0 bridgehead atoms. The van der Waals surface area contributed by atoms with E-state index in [4.69, 9.17) is 21.2 Å². The smallest absolute Gasteiger partial charge is 0.372 e. The first-order valence-corrected chi connectivity index (χ1v) is 14.2. The SMILES string of the molecule is C#Cc1nn(C)c2cncc(C(C#N)NC=O)c12.C[C@H](CC(=O)N1CC2C(C1)C2(C)C)OC1(C)CCC1.NC(=O)C(F)(F)F. The van der Waals surface area contributed by atoms with Crippen LogP contribution in [0, 0.1) is 40.9 Å². The molecule has 11 nitrogen and oxygen atoms in total. The molecule has 14 heteroatoms. The van der Waals surface area contributed by atoms with Crippen molar-refractivity contribution >= 4 is 29.1 Å². The number of piperidine rings is 1. The summed E-state index contributed by atoms with van der Waals surface area (Å²) in [7, 11) is 1.74. The number of aryl methyl sites for hydroxylation is 1. The number of halogens is 3. The molecule has 2 saturated carbocycles. The lowest BCUT2D eigenvalue weighted by atomic mass is 9.81. The molecule has 1 saturated heterocycles. The summed E-state index contributed by atoms with van der Waals surface area (Å²) in [6.45, 7) is 10.8. The van der Waals surface area contributed by atoms with Crippen molar-refractivity contribution in [3.63, 3.8) is 0 Å². The second kappa shape index (κ2) is 13.2. The van der Waals surface area contributed by atoms with Gasteiger partial charge in [-0.05, 0) is 56.3 Å². The summed E-state index contributed by atoms with van der Waals surface area (Å²) in [5.74, 6) is 1.99. The third kappa shape index (κ3) is 7.66. The van der Waals surface area contributed by atoms with E-state index in [2.05, 4.69) is 52.7 Å². The molecule has 3 fully saturated rings. The van der Waals surface area contributed by atoms with Crippen LogP contribution < -0.4 is 11.1 Å². The molecule has 1 aliphatic heterocycles. The quantitative estimate of drug-likeness (QED) is 0.357. The van der Waals surface area contributed by atoms with Crippen molar-refractivity contribution in [3.05, 3.63) is 23.7 Å². The predicted molar refractivity (Wildman–Crippen MR) is 154 cm³/mol. The highest BCUT2D eigenvalue weighted by Gasteiger charge is 2.62. The molecule has 2 aromatic heterocycles. The number of rotatable bonds is 7. The minimum Gasteiger partial charge on any atom is -0.372 e. The molecule has 3 heterocycles. The Morgan fingerprint density at radius 3 is 2.32 bits per heavy atom. The Bertz CT molecular complexity index is 1460. The molecule has 3 N–H and O–H groups in total. The van der Waals surface area contributed by atoms with Crippen LogP contribution in [-0.4, -0.2) is 68.9 Å². The predicted octanol–water partition coefficient (Wildman–Crippen LogP) is 3.13. The molecule has 5 rings (SSSR count). The lowest BCUT2D eigenvalue weighted by Gasteiger charge is -2.40. The molecule has 0 aromatic carbocycles. The third-order valence-corrected chi connectivity index (χ3v) is 8.72. The van der Waals surface area contributed by atoms with Gasteiger partial charge in [-0.3, -0.25) is 24.0 Å². The summed E-state index contributed by atoms with van der Waals surface area (Å²) in [5, 5.41) is 16.3. The first-order chi connectivity index (χ1) is 20.5. The topological polar surface area (TPSA) is 156 Å². The van der Waals surface area contributed by atoms with E-state index in [-0.39, 0.29) is 11.7 Å². The average molecular weight is 618 g/mol. The van der Waals surface area contributed by atoms with Crippen molar-refractivity contribution in [2.75, 3.05) is 13.1 Å². The summed E-state index contributed by atoms with van der Waals surface area (Å²) < 4.78 is 39.7. The highest BCUT2D eigenvalue weighted by atomic mass is 19.4. The number of primary amides is 1. The molecule has 44 heavy (non-hydrogen) atoms. The number of carbonyl (C=O) groups is 3. The average Bonchev–Trinajstić information content (AvgIpc) is 3.29. The van der Waals surface area contributed by atoms with E-state index in [1.807, 2.05) is 13.0 Å². The van der Waals surface area contributed by atoms with Crippen molar-refractivity contribution in [3.8, 4) is 18.4 Å². The van der Waals surface area contributed by atoms with Crippen LogP contribution in [0.2, 0.25) is 0 Å². The number of hydrogen-bond donors (Lipinski definition) is 2. The Balaban J connectivity index is 0.000000199. The standard InChI is InChI=1S/C16H27NO2.C12H9N5O.C2H2F3NO/c1-11(19-16(4)6-5-7-16)8-14(18)17-9-12-13(10-17)15(12,2)3;1-3-9-12-8(10(4-13)15-7-18)5-14-6-11(12)17(2)16-9;3-2(4,5)1(6)7/h11-13H,5-10H2,1-4H3;1,5-7,10H,2H3,(H,15,18);(H2,6,7)/t11-,12?,13?;;/m1../s1. The van der Waals surface area contributed by atoms with Gasteiger partial charge in [-0.25, -0.2) is 0 Å². The Labute approximate surface area is 254 Å². The third-order valence-electron chi connectivity index (χ3n) is 8.72. The van der Waals surface area contributed by atoms with Gasteiger partial charge >= 0.3 is 12.1 Å². The maximum Gasteiger partial charge on any atom is 0.470 e. The van der Waals surface area contributed by atoms with E-state index >= 15 is 0 Å². The van der Waals surface area contributed by atoms with Crippen LogP contribution in [0.25, 0.3) is 10.9 Å². The zero-order chi connectivity index (χ0) is 33.0. The van der Waals surface area contributed by atoms with Gasteiger partial charge in [0.25, 0.3) is 0 Å². The monoisotopic (exact) mass is 617 g/mol. The summed E-state index contributed by atoms with van der Waals surface area (Å²) in [6.07, 6.45) is 8.29. The second-order valence-corrected chi connectivity index (χ2v) is 12.2. The first kappa shape index (κ1) is 34.3. The minimum atomic E-state index is -4.86. The molecule has 4 atom stereocenters. The number of nitrogens with zero attached hydrogens (tertiary/aromatic N) is 5. The molecule has 3 aliphatic rings. The zero-order valence-electron chi connectivity index (χ0n) is 25.4. The van der Waals surface area contributed by atoms with Gasteiger partial charge in [0.2, 0.25) is 12.3 Å². The van der Waals surface area contributed by atoms with Gasteiger partial charge < -0.3 is 20.7 Å². The van der Waals surface area contributed by atoms with Crippen LogP contribution in [0.4, 0.5) is 13.2 Å². The van der Waals surface area contributed by atoms with E-state index in [0.29, 0.717) is 46.3 Å². The molecular formula is C30H38F3N7O4. The van der Waals surface area contributed by atoms with Crippen molar-refractivity contribution in [1.29, 1.82) is 5.26 Å². The number of pyridine rings is 1. The van der Waals surface area contributed by atoms with Crippen molar-refractivity contribution in [2.24, 2.45) is 30.0 Å². The molecule has 3 amide bonds. The van der Waals surface area contributed by atoms with Gasteiger partial charge in [0.15, 0.2) is 0 Å². The van der Waals surface area contributed by atoms with Gasteiger partial charge in [0, 0.05) is 37.3 Å². The highest BCUT2D eigenvalue weighted by molar-refractivity contribution is 5.88. The molecule has 238 valence electrons. The Morgan fingerprint density at radius 2 is 1.86 bits per heavy atom. The van der Waals surface area contributed by atoms with E-state index in [1.54, 1.807) is 17.9 Å². The van der Waals surface area contributed by atoms with E-state index in [9.17, 15) is 22.8 Å². The number of amides is 3. The number of carbonyl (C=O) groups excluding carboxylic acids is 3. The molecule has 0 radical (unpaired) electrons. The fraction of sp³-hybridized carbons (Fsp3) is 0.600. The van der Waals surface area contributed by atoms with E-state index < -0.39 is 18.1 Å². The molecule has 2 aliphatic carbocycles. The van der Waals surface area contributed by atoms with Gasteiger partial charge in [0.05, 0.1) is 35.9 Å². The number of terminal acetylenes is 1. The lowest BCUT2D eigenvalue weighted by molar-refractivity contribution is -0.169. The number of alkyl halides is 3. The fourth-order valence-corrected chi connectivity index (χ4v) is 5.84. The maximum atomic E-state index is 12.3. The number of nitrogens with one attached hydrogen (secondary N) is 1. The number of fused-ring (bicyclic) bond motifs is 2. The van der Waals surface area contributed by atoms with Crippen LogP contribution in [0.5, 0.6) is 0 Å². The molecule has 2 aromatic rings. The van der Waals surface area contributed by atoms with Crippen molar-refractivity contribution in [2.45, 2.75) is 77.3 Å². The van der Waals surface area contributed by atoms with Crippen LogP contribution in [0.3, 0.4) is 0 Å². The van der Waals surface area contributed by atoms with Gasteiger partial charge in [-0.2, -0.15) is 23.5 Å². The Hall–Kier alpha value is -4.17. The van der Waals surface area contributed by atoms with E-state index in [0.717, 1.165) is 37.8 Å². The van der Waals surface area contributed by atoms with Crippen molar-refractivity contribution < 1.29 is 32.3 Å². The number of aromatic nitrogens is 3. The van der Waals surface area contributed by atoms with Gasteiger partial charge in [-0.1, -0.05) is 13.8 Å². The number of nitriles is 1.